The summed E-state index contributed by atoms with van der Waals surface area (Å²) < 4.78 is 0. The quantitative estimate of drug-likeness (QED) is 0.273. The molecule has 3 N–H and O–H groups in total. The van der Waals surface area contributed by atoms with Crippen LogP contribution in [0, 0.1) is 5.92 Å². The monoisotopic (exact) mass is 171 g/mol. The van der Waals surface area contributed by atoms with E-state index in [0.717, 1.165) is 12.5 Å². The molecule has 0 amide bonds. The number of nitrogens with two attached hydrogens (primary N) is 1. The first-order valence-corrected chi connectivity index (χ1v) is 4.37. The van der Waals surface area contributed by atoms with Crippen LogP contribution in [-0.4, -0.2) is 36.1 Å². The van der Waals surface area contributed by atoms with Gasteiger partial charge in [-0.1, -0.05) is 18.0 Å². The van der Waals surface area contributed by atoms with Crippen LogP contribution in [0.4, 0.5) is 0 Å². The molecule has 0 aliphatic heterocycles. The Kier molecular flexibility index (Phi) is 3.34. The second-order valence-corrected chi connectivity index (χ2v) is 3.56. The van der Waals surface area contributed by atoms with Gasteiger partial charge in [0.1, 0.15) is 0 Å². The van der Waals surface area contributed by atoms with E-state index in [4.69, 9.17) is 10.9 Å². The van der Waals surface area contributed by atoms with E-state index in [1.165, 1.54) is 19.3 Å². The molecular formula is C8H17N3O. The molecule has 0 atom stereocenters. The molecule has 1 fully saturated rings. The summed E-state index contributed by atoms with van der Waals surface area (Å²) in [5, 5.41) is 11.2. The van der Waals surface area contributed by atoms with E-state index in [2.05, 4.69) is 10.1 Å². The summed E-state index contributed by atoms with van der Waals surface area (Å²) in [6, 6.07) is 0. The van der Waals surface area contributed by atoms with Gasteiger partial charge in [0.05, 0.1) is 6.54 Å². The van der Waals surface area contributed by atoms with E-state index in [-0.39, 0.29) is 5.84 Å². The van der Waals surface area contributed by atoms with Crippen molar-refractivity contribution in [3.63, 3.8) is 0 Å². The van der Waals surface area contributed by atoms with Gasteiger partial charge in [-0.05, 0) is 25.9 Å². The fraction of sp³-hybridized carbons (Fsp3) is 0.875. The first-order chi connectivity index (χ1) is 5.72. The summed E-state index contributed by atoms with van der Waals surface area (Å²) in [5.41, 5.74) is 5.35. The number of amidine groups is 1. The van der Waals surface area contributed by atoms with Crippen molar-refractivity contribution >= 4 is 5.84 Å². The number of oxime groups is 1. The molecule has 1 rings (SSSR count). The molecule has 4 heteroatoms. The lowest BCUT2D eigenvalue weighted by Gasteiger charge is -2.14. The van der Waals surface area contributed by atoms with Gasteiger partial charge >= 0.3 is 0 Å². The summed E-state index contributed by atoms with van der Waals surface area (Å²) in [6.45, 7) is 1.60. The predicted molar refractivity (Wildman–Crippen MR) is 48.2 cm³/mol. The Morgan fingerprint density at radius 2 is 2.33 bits per heavy atom. The summed E-state index contributed by atoms with van der Waals surface area (Å²) in [7, 11) is 1.99. The van der Waals surface area contributed by atoms with Crippen LogP contribution in [0.2, 0.25) is 0 Å². The third kappa shape index (κ3) is 3.57. The standard InChI is InChI=1S/C8H17N3O/c1-11(6-8(9)10-12)5-4-7-2-3-7/h7,12H,2-6H2,1H3,(H2,9,10). The fourth-order valence-electron chi connectivity index (χ4n) is 1.20. The first-order valence-electron chi connectivity index (χ1n) is 4.37. The number of hydrogen-bond donors (Lipinski definition) is 2. The zero-order valence-electron chi connectivity index (χ0n) is 7.53. The van der Waals surface area contributed by atoms with Crippen molar-refractivity contribution in [3.8, 4) is 0 Å². The highest BCUT2D eigenvalue weighted by atomic mass is 16.4. The lowest BCUT2D eigenvalue weighted by molar-refractivity contribution is 0.308. The van der Waals surface area contributed by atoms with E-state index in [9.17, 15) is 0 Å². The molecule has 0 bridgehead atoms. The minimum absolute atomic E-state index is 0.285. The van der Waals surface area contributed by atoms with Crippen LogP contribution in [0.15, 0.2) is 5.16 Å². The molecule has 1 aliphatic rings. The molecule has 0 radical (unpaired) electrons. The lowest BCUT2D eigenvalue weighted by atomic mass is 10.3. The number of nitrogens with zero attached hydrogens (tertiary/aromatic N) is 2. The number of rotatable bonds is 5. The van der Waals surface area contributed by atoms with Crippen LogP contribution in [0.1, 0.15) is 19.3 Å². The maximum absolute atomic E-state index is 8.31. The van der Waals surface area contributed by atoms with Gasteiger partial charge in [0, 0.05) is 0 Å². The summed E-state index contributed by atoms with van der Waals surface area (Å²) >= 11 is 0. The van der Waals surface area contributed by atoms with Crippen LogP contribution in [0.3, 0.4) is 0 Å². The van der Waals surface area contributed by atoms with Gasteiger partial charge in [0.25, 0.3) is 0 Å². The van der Waals surface area contributed by atoms with Crippen LogP contribution in [0.5, 0.6) is 0 Å². The van der Waals surface area contributed by atoms with Crippen LogP contribution in [-0.2, 0) is 0 Å². The minimum atomic E-state index is 0.285. The Hall–Kier alpha value is -0.770. The molecule has 0 aromatic rings. The van der Waals surface area contributed by atoms with Crippen LogP contribution >= 0.6 is 0 Å². The van der Waals surface area contributed by atoms with Crippen LogP contribution < -0.4 is 5.73 Å². The van der Waals surface area contributed by atoms with Crippen molar-refractivity contribution < 1.29 is 5.21 Å². The molecule has 1 aliphatic carbocycles. The highest BCUT2D eigenvalue weighted by molar-refractivity contribution is 5.81. The Bertz CT molecular complexity index is 166. The fourth-order valence-corrected chi connectivity index (χ4v) is 1.20. The minimum Gasteiger partial charge on any atom is -0.409 e. The maximum atomic E-state index is 8.31. The van der Waals surface area contributed by atoms with E-state index in [1.807, 2.05) is 7.05 Å². The summed E-state index contributed by atoms with van der Waals surface area (Å²) in [4.78, 5) is 2.08. The topological polar surface area (TPSA) is 61.8 Å². The number of likely N-dealkylation sites (N-methyl/N-ethyl adjacent to an activating group) is 1. The highest BCUT2D eigenvalue weighted by Crippen LogP contribution is 2.32. The third-order valence-electron chi connectivity index (χ3n) is 2.18. The van der Waals surface area contributed by atoms with Gasteiger partial charge in [0.2, 0.25) is 0 Å². The van der Waals surface area contributed by atoms with E-state index in [0.29, 0.717) is 6.54 Å². The summed E-state index contributed by atoms with van der Waals surface area (Å²) in [6.07, 6.45) is 4.02. The molecule has 1 saturated carbocycles. The third-order valence-corrected chi connectivity index (χ3v) is 2.18. The van der Waals surface area contributed by atoms with E-state index >= 15 is 0 Å². The Morgan fingerprint density at radius 3 is 2.83 bits per heavy atom. The van der Waals surface area contributed by atoms with Crippen molar-refractivity contribution in [2.24, 2.45) is 16.8 Å². The van der Waals surface area contributed by atoms with Gasteiger partial charge in [0.15, 0.2) is 5.84 Å². The van der Waals surface area contributed by atoms with E-state index in [1.54, 1.807) is 0 Å². The molecule has 0 saturated heterocycles. The van der Waals surface area contributed by atoms with Gasteiger partial charge in [-0.3, -0.25) is 4.90 Å². The van der Waals surface area contributed by atoms with Crippen molar-refractivity contribution in [2.75, 3.05) is 20.1 Å². The molecule has 0 unspecified atom stereocenters. The Labute approximate surface area is 73.0 Å². The zero-order valence-corrected chi connectivity index (χ0v) is 7.53. The van der Waals surface area contributed by atoms with Gasteiger partial charge < -0.3 is 10.9 Å². The van der Waals surface area contributed by atoms with Gasteiger partial charge in [-0.15, -0.1) is 0 Å². The molecule has 12 heavy (non-hydrogen) atoms. The molecule has 0 spiro atoms. The average Bonchev–Trinajstić information content (AvgIpc) is 2.83. The van der Waals surface area contributed by atoms with Crippen molar-refractivity contribution in [1.29, 1.82) is 0 Å². The average molecular weight is 171 g/mol. The molecule has 0 aromatic carbocycles. The lowest BCUT2D eigenvalue weighted by Crippen LogP contribution is -2.31. The molecule has 0 aromatic heterocycles. The maximum Gasteiger partial charge on any atom is 0.153 e. The van der Waals surface area contributed by atoms with Crippen molar-refractivity contribution in [2.45, 2.75) is 19.3 Å². The predicted octanol–water partition coefficient (Wildman–Crippen LogP) is 0.465. The first kappa shape index (κ1) is 9.32. The van der Waals surface area contributed by atoms with Gasteiger partial charge in [-0.2, -0.15) is 0 Å². The SMILES string of the molecule is CN(CCC1CC1)CC(N)=NO. The van der Waals surface area contributed by atoms with Crippen molar-refractivity contribution in [3.05, 3.63) is 0 Å². The van der Waals surface area contributed by atoms with Crippen molar-refractivity contribution in [1.82, 2.24) is 4.90 Å². The molecule has 70 valence electrons. The zero-order chi connectivity index (χ0) is 8.97. The normalized spacial score (nSPS) is 18.7. The van der Waals surface area contributed by atoms with E-state index < -0.39 is 0 Å². The van der Waals surface area contributed by atoms with Gasteiger partial charge in [-0.25, -0.2) is 0 Å². The second kappa shape index (κ2) is 4.30. The Balaban J connectivity index is 2.05. The molecular weight excluding hydrogens is 154 g/mol. The Morgan fingerprint density at radius 1 is 1.67 bits per heavy atom. The largest absolute Gasteiger partial charge is 0.409 e. The molecule has 4 nitrogen and oxygen atoms in total. The second-order valence-electron chi connectivity index (χ2n) is 3.56. The smallest absolute Gasteiger partial charge is 0.153 e. The highest BCUT2D eigenvalue weighted by Gasteiger charge is 2.21. The molecule has 0 heterocycles. The summed E-state index contributed by atoms with van der Waals surface area (Å²) in [5.74, 6) is 1.23. The van der Waals surface area contributed by atoms with Crippen LogP contribution in [0.25, 0.3) is 0 Å². The number of hydrogen-bond acceptors (Lipinski definition) is 3.